The number of nitrogens with one attached hydrogen (secondary N) is 1. The van der Waals surface area contributed by atoms with E-state index in [2.05, 4.69) is 63.3 Å². The molecule has 8 rings (SSSR count). The Bertz CT molecular complexity index is 2380. The van der Waals surface area contributed by atoms with Crippen LogP contribution in [0.2, 0.25) is 0 Å². The highest BCUT2D eigenvalue weighted by Gasteiger charge is 2.26. The van der Waals surface area contributed by atoms with Crippen molar-refractivity contribution in [1.82, 2.24) is 18.7 Å². The quantitative estimate of drug-likeness (QED) is 0.161. The summed E-state index contributed by atoms with van der Waals surface area (Å²) in [5, 5.41) is 4.42. The van der Waals surface area contributed by atoms with E-state index >= 15 is 4.39 Å². The molecular formula is C36H32FN5S5. The Balaban J connectivity index is 1.28. The van der Waals surface area contributed by atoms with Gasteiger partial charge in [0.1, 0.15) is 27.9 Å². The van der Waals surface area contributed by atoms with Crippen molar-refractivity contribution in [3.63, 3.8) is 0 Å². The standard InChI is InChI=1S/C36H32FN5S5/c1-6-21-22(7-2)40-34-32(29-15-26-27(45-29)16-30(38-5)46-26)36-35(41-47-42-36)31(33(34)39-21)28-14-25-24(44-28)13-23(43-25)19-11-10-18(12-20(19)37)9-8-17(3)4/h10-17,38H,6-9H2,1-5H3. The van der Waals surface area contributed by atoms with Crippen LogP contribution in [0, 0.1) is 11.7 Å². The zero-order chi connectivity index (χ0) is 32.4. The van der Waals surface area contributed by atoms with Crippen molar-refractivity contribution in [3.05, 3.63) is 65.2 Å². The molecule has 11 heteroatoms. The van der Waals surface area contributed by atoms with Crippen molar-refractivity contribution in [2.24, 2.45) is 5.92 Å². The van der Waals surface area contributed by atoms with Crippen LogP contribution >= 0.6 is 57.1 Å². The van der Waals surface area contributed by atoms with E-state index in [0.29, 0.717) is 11.5 Å². The largest absolute Gasteiger partial charge is 0.380 e. The molecule has 0 aliphatic carbocycles. The third-order valence-corrected chi connectivity index (χ3v) is 13.8. The number of thiophene rings is 4. The van der Waals surface area contributed by atoms with E-state index in [9.17, 15) is 0 Å². The molecule has 0 atom stereocenters. The van der Waals surface area contributed by atoms with E-state index < -0.39 is 0 Å². The van der Waals surface area contributed by atoms with E-state index in [-0.39, 0.29) is 5.82 Å². The molecule has 2 aromatic carbocycles. The zero-order valence-corrected chi connectivity index (χ0v) is 30.7. The van der Waals surface area contributed by atoms with Gasteiger partial charge in [-0.15, -0.1) is 45.3 Å². The first kappa shape index (κ1) is 31.0. The van der Waals surface area contributed by atoms with E-state index in [1.165, 1.54) is 21.1 Å². The lowest BCUT2D eigenvalue weighted by Gasteiger charge is -2.13. The molecule has 0 saturated heterocycles. The van der Waals surface area contributed by atoms with Gasteiger partial charge in [0.05, 0.1) is 28.1 Å². The molecule has 0 bridgehead atoms. The molecule has 0 fully saturated rings. The van der Waals surface area contributed by atoms with Crippen molar-refractivity contribution >= 4 is 103 Å². The fourth-order valence-electron chi connectivity index (χ4n) is 6.17. The third-order valence-electron chi connectivity index (χ3n) is 8.62. The summed E-state index contributed by atoms with van der Waals surface area (Å²) in [6, 6.07) is 14.5. The van der Waals surface area contributed by atoms with Crippen LogP contribution in [0.15, 0.2) is 42.5 Å². The van der Waals surface area contributed by atoms with Crippen LogP contribution < -0.4 is 5.32 Å². The summed E-state index contributed by atoms with van der Waals surface area (Å²) in [6.45, 7) is 8.69. The van der Waals surface area contributed by atoms with Gasteiger partial charge in [-0.2, -0.15) is 8.75 Å². The summed E-state index contributed by atoms with van der Waals surface area (Å²) in [6.07, 6.45) is 3.57. The van der Waals surface area contributed by atoms with Crippen molar-refractivity contribution in [1.29, 1.82) is 0 Å². The first-order valence-electron chi connectivity index (χ1n) is 15.9. The minimum atomic E-state index is -0.151. The van der Waals surface area contributed by atoms with Crippen molar-refractivity contribution in [2.75, 3.05) is 12.4 Å². The van der Waals surface area contributed by atoms with Gasteiger partial charge in [-0.1, -0.05) is 39.8 Å². The molecule has 0 saturated carbocycles. The van der Waals surface area contributed by atoms with Crippen molar-refractivity contribution in [3.8, 4) is 31.3 Å². The summed E-state index contributed by atoms with van der Waals surface area (Å²) in [4.78, 5) is 13.8. The summed E-state index contributed by atoms with van der Waals surface area (Å²) < 4.78 is 29.8. The number of anilines is 1. The number of benzene rings is 2. The van der Waals surface area contributed by atoms with Crippen LogP contribution in [0.3, 0.4) is 0 Å². The third kappa shape index (κ3) is 5.36. The Morgan fingerprint density at radius 2 is 1.26 bits per heavy atom. The summed E-state index contributed by atoms with van der Waals surface area (Å²) in [5.41, 5.74) is 9.27. The number of hydrogen-bond acceptors (Lipinski definition) is 10. The predicted octanol–water partition coefficient (Wildman–Crippen LogP) is 12.1. The van der Waals surface area contributed by atoms with E-state index in [1.807, 2.05) is 13.1 Å². The molecule has 8 aromatic rings. The lowest BCUT2D eigenvalue weighted by atomic mass is 10.0. The summed E-state index contributed by atoms with van der Waals surface area (Å²) >= 11 is 8.11. The van der Waals surface area contributed by atoms with Crippen molar-refractivity contribution in [2.45, 2.75) is 53.4 Å². The number of aromatic nitrogens is 4. The molecule has 47 heavy (non-hydrogen) atoms. The normalized spacial score (nSPS) is 12.1. The molecule has 6 heterocycles. The van der Waals surface area contributed by atoms with E-state index in [0.717, 1.165) is 105 Å². The monoisotopic (exact) mass is 713 g/mol. The maximum absolute atomic E-state index is 15.3. The Morgan fingerprint density at radius 1 is 0.702 bits per heavy atom. The topological polar surface area (TPSA) is 63.6 Å². The molecule has 238 valence electrons. The van der Waals surface area contributed by atoms with Crippen LogP contribution in [0.1, 0.15) is 51.1 Å². The second kappa shape index (κ2) is 12.3. The molecule has 0 amide bonds. The van der Waals surface area contributed by atoms with E-state index in [4.69, 9.17) is 18.7 Å². The summed E-state index contributed by atoms with van der Waals surface area (Å²) in [5.74, 6) is 0.445. The second-order valence-electron chi connectivity index (χ2n) is 12.1. The molecule has 0 unspecified atom stereocenters. The molecule has 5 nitrogen and oxygen atoms in total. The van der Waals surface area contributed by atoms with Gasteiger partial charge in [-0.25, -0.2) is 14.4 Å². The Labute approximate surface area is 292 Å². The van der Waals surface area contributed by atoms with Crippen LogP contribution in [-0.2, 0) is 19.3 Å². The highest BCUT2D eigenvalue weighted by molar-refractivity contribution is 7.32. The van der Waals surface area contributed by atoms with Crippen LogP contribution in [0.25, 0.3) is 72.2 Å². The number of hydrogen-bond donors (Lipinski definition) is 1. The Kier molecular flexibility index (Phi) is 8.08. The predicted molar refractivity (Wildman–Crippen MR) is 205 cm³/mol. The number of aryl methyl sites for hydroxylation is 3. The highest BCUT2D eigenvalue weighted by Crippen LogP contribution is 2.49. The zero-order valence-electron chi connectivity index (χ0n) is 26.7. The Hall–Kier alpha value is -3.35. The smallest absolute Gasteiger partial charge is 0.132 e. The molecule has 0 aliphatic rings. The SMILES string of the molecule is CCc1nc2c(-c3cc4sc(NC)cc4s3)c3nsnc3c(-c3cc4sc(-c5ccc(CCC(C)C)cc5F)cc4s3)c2nc1CC. The van der Waals surface area contributed by atoms with Gasteiger partial charge in [0.25, 0.3) is 0 Å². The van der Waals surface area contributed by atoms with Gasteiger partial charge in [0.15, 0.2) is 0 Å². The minimum Gasteiger partial charge on any atom is -0.380 e. The maximum Gasteiger partial charge on any atom is 0.132 e. The average molecular weight is 714 g/mol. The molecular weight excluding hydrogens is 682 g/mol. The van der Waals surface area contributed by atoms with Gasteiger partial charge >= 0.3 is 0 Å². The first-order valence-corrected chi connectivity index (χ1v) is 19.9. The average Bonchev–Trinajstić information content (AvgIpc) is 3.88. The lowest BCUT2D eigenvalue weighted by molar-refractivity contribution is 0.582. The van der Waals surface area contributed by atoms with Crippen LogP contribution in [-0.4, -0.2) is 25.8 Å². The maximum atomic E-state index is 15.3. The minimum absolute atomic E-state index is 0.151. The van der Waals surface area contributed by atoms with Gasteiger partial charge in [-0.05, 0) is 67.5 Å². The van der Waals surface area contributed by atoms with Crippen LogP contribution in [0.4, 0.5) is 9.39 Å². The van der Waals surface area contributed by atoms with Crippen molar-refractivity contribution < 1.29 is 4.39 Å². The van der Waals surface area contributed by atoms with Gasteiger partial charge in [-0.3, -0.25) is 0 Å². The van der Waals surface area contributed by atoms with E-state index in [1.54, 1.807) is 51.4 Å². The molecule has 0 aliphatic heterocycles. The summed E-state index contributed by atoms with van der Waals surface area (Å²) in [7, 11) is 1.96. The van der Waals surface area contributed by atoms with Gasteiger partial charge < -0.3 is 5.32 Å². The fourth-order valence-corrected chi connectivity index (χ4v) is 11.5. The number of rotatable bonds is 9. The fraction of sp³-hybridized carbons (Fsp3) is 0.278. The van der Waals surface area contributed by atoms with Gasteiger partial charge in [0.2, 0.25) is 0 Å². The number of nitrogens with zero attached hydrogens (tertiary/aromatic N) is 4. The lowest BCUT2D eigenvalue weighted by Crippen LogP contribution is -2.03. The number of fused-ring (bicyclic) bond motifs is 4. The highest BCUT2D eigenvalue weighted by atomic mass is 32.1. The van der Waals surface area contributed by atoms with Gasteiger partial charge in [0, 0.05) is 57.2 Å². The first-order chi connectivity index (χ1) is 22.8. The molecule has 1 N–H and O–H groups in total. The van der Waals surface area contributed by atoms with Crippen LogP contribution in [0.5, 0.6) is 0 Å². The molecule has 0 spiro atoms. The second-order valence-corrected chi connectivity index (χ2v) is 17.0. The molecule has 6 aromatic heterocycles. The number of halogens is 1. The molecule has 0 radical (unpaired) electrons. The Morgan fingerprint density at radius 3 is 1.79 bits per heavy atom.